The lowest BCUT2D eigenvalue weighted by Gasteiger charge is -1.86. The summed E-state index contributed by atoms with van der Waals surface area (Å²) in [7, 11) is 0. The molecule has 1 aromatic rings. The molecular weight excluding hydrogens is 121 g/mol. The van der Waals surface area contributed by atoms with E-state index in [2.05, 4.69) is 4.42 Å². The van der Waals surface area contributed by atoms with E-state index >= 15 is 0 Å². The van der Waals surface area contributed by atoms with E-state index in [1.165, 1.54) is 6.07 Å². The Morgan fingerprint density at radius 3 is 2.78 bits per heavy atom. The molecular formula is C6H8FNO. The van der Waals surface area contributed by atoms with Gasteiger partial charge in [0.1, 0.15) is 5.76 Å². The lowest BCUT2D eigenvalue weighted by atomic mass is 10.3. The Labute approximate surface area is 52.5 Å². The molecule has 0 radical (unpaired) electrons. The molecule has 3 heteroatoms. The highest BCUT2D eigenvalue weighted by molar-refractivity contribution is 4.99. The number of rotatable bonds is 2. The molecule has 0 spiro atoms. The second-order valence-corrected chi connectivity index (χ2v) is 1.74. The first-order valence-corrected chi connectivity index (χ1v) is 2.77. The van der Waals surface area contributed by atoms with Crippen LogP contribution in [0, 0.1) is 6.01 Å². The van der Waals surface area contributed by atoms with Crippen molar-refractivity contribution in [3.8, 4) is 0 Å². The highest BCUT2D eigenvalue weighted by atomic mass is 19.1. The second-order valence-electron chi connectivity index (χ2n) is 1.74. The van der Waals surface area contributed by atoms with Crippen molar-refractivity contribution >= 4 is 0 Å². The van der Waals surface area contributed by atoms with Gasteiger partial charge in [-0.2, -0.15) is 4.39 Å². The first-order valence-electron chi connectivity index (χ1n) is 2.77. The maximum absolute atomic E-state index is 12.0. The summed E-state index contributed by atoms with van der Waals surface area (Å²) < 4.78 is 16.6. The highest BCUT2D eigenvalue weighted by Gasteiger charge is 1.97. The normalized spacial score (nSPS) is 10.0. The Hall–Kier alpha value is -0.830. The van der Waals surface area contributed by atoms with Crippen molar-refractivity contribution in [2.75, 3.05) is 6.54 Å². The Kier molecular flexibility index (Phi) is 1.85. The molecule has 0 amide bonds. The average Bonchev–Trinajstić information content (AvgIpc) is 2.17. The van der Waals surface area contributed by atoms with Crippen molar-refractivity contribution in [1.29, 1.82) is 0 Å². The molecule has 0 bridgehead atoms. The summed E-state index contributed by atoms with van der Waals surface area (Å²) in [4.78, 5) is 0. The molecule has 0 aliphatic heterocycles. The van der Waals surface area contributed by atoms with E-state index in [4.69, 9.17) is 5.73 Å². The zero-order valence-electron chi connectivity index (χ0n) is 4.93. The second kappa shape index (κ2) is 2.64. The van der Waals surface area contributed by atoms with Crippen molar-refractivity contribution < 1.29 is 8.81 Å². The largest absolute Gasteiger partial charge is 0.436 e. The van der Waals surface area contributed by atoms with Crippen LogP contribution in [0.1, 0.15) is 5.76 Å². The van der Waals surface area contributed by atoms with Gasteiger partial charge in [-0.05, 0) is 12.6 Å². The van der Waals surface area contributed by atoms with Gasteiger partial charge in [-0.15, -0.1) is 0 Å². The number of halogens is 1. The highest BCUT2D eigenvalue weighted by Crippen LogP contribution is 2.04. The third kappa shape index (κ3) is 1.54. The molecule has 0 saturated carbocycles. The fraction of sp³-hybridized carbons (Fsp3) is 0.333. The van der Waals surface area contributed by atoms with Crippen LogP contribution in [0.5, 0.6) is 0 Å². The minimum absolute atomic E-state index is 0.493. The molecule has 1 heterocycles. The third-order valence-electron chi connectivity index (χ3n) is 1.02. The van der Waals surface area contributed by atoms with E-state index < -0.39 is 6.01 Å². The predicted molar refractivity (Wildman–Crippen MR) is 31.4 cm³/mol. The van der Waals surface area contributed by atoms with Crippen molar-refractivity contribution in [1.82, 2.24) is 0 Å². The summed E-state index contributed by atoms with van der Waals surface area (Å²) >= 11 is 0. The van der Waals surface area contributed by atoms with Crippen LogP contribution in [0.3, 0.4) is 0 Å². The van der Waals surface area contributed by atoms with Gasteiger partial charge in [0.15, 0.2) is 0 Å². The maximum Gasteiger partial charge on any atom is 0.277 e. The molecule has 50 valence electrons. The molecule has 9 heavy (non-hydrogen) atoms. The van der Waals surface area contributed by atoms with Gasteiger partial charge >= 0.3 is 0 Å². The van der Waals surface area contributed by atoms with Gasteiger partial charge in [0.05, 0.1) is 0 Å². The zero-order chi connectivity index (χ0) is 6.69. The van der Waals surface area contributed by atoms with Crippen LogP contribution in [-0.2, 0) is 6.42 Å². The zero-order valence-corrected chi connectivity index (χ0v) is 4.93. The van der Waals surface area contributed by atoms with E-state index in [0.29, 0.717) is 18.7 Å². The van der Waals surface area contributed by atoms with Gasteiger partial charge in [-0.1, -0.05) is 0 Å². The van der Waals surface area contributed by atoms with E-state index in [0.717, 1.165) is 0 Å². The number of hydrogen-bond donors (Lipinski definition) is 1. The molecule has 0 atom stereocenters. The summed E-state index contributed by atoms with van der Waals surface area (Å²) in [5, 5.41) is 0. The van der Waals surface area contributed by atoms with E-state index in [-0.39, 0.29) is 0 Å². The maximum atomic E-state index is 12.0. The van der Waals surface area contributed by atoms with E-state index in [1.54, 1.807) is 6.07 Å². The standard InChI is InChI=1S/C6H8FNO/c7-6-2-1-5(9-6)3-4-8/h1-2H,3-4,8H2. The molecule has 0 aliphatic carbocycles. The van der Waals surface area contributed by atoms with Crippen molar-refractivity contribution in [2.45, 2.75) is 6.42 Å². The average molecular weight is 129 g/mol. The monoisotopic (exact) mass is 129 g/mol. The van der Waals surface area contributed by atoms with Crippen LogP contribution in [-0.4, -0.2) is 6.54 Å². The molecule has 0 saturated heterocycles. The summed E-state index contributed by atoms with van der Waals surface area (Å²) in [6, 6.07) is 2.33. The lowest BCUT2D eigenvalue weighted by Crippen LogP contribution is -2.01. The minimum Gasteiger partial charge on any atom is -0.436 e. The SMILES string of the molecule is NCCc1ccc(F)o1. The molecule has 1 aromatic heterocycles. The molecule has 2 nitrogen and oxygen atoms in total. The van der Waals surface area contributed by atoms with Crippen LogP contribution >= 0.6 is 0 Å². The summed E-state index contributed by atoms with van der Waals surface area (Å²) in [6.07, 6.45) is 0.601. The topological polar surface area (TPSA) is 39.2 Å². The van der Waals surface area contributed by atoms with Gasteiger partial charge in [0.2, 0.25) is 0 Å². The van der Waals surface area contributed by atoms with Gasteiger partial charge < -0.3 is 10.2 Å². The van der Waals surface area contributed by atoms with Crippen molar-refractivity contribution in [3.63, 3.8) is 0 Å². The Bertz CT molecular complexity index is 185. The van der Waals surface area contributed by atoms with Crippen LogP contribution < -0.4 is 5.73 Å². The number of hydrogen-bond acceptors (Lipinski definition) is 2. The molecule has 0 fully saturated rings. The minimum atomic E-state index is -0.543. The first-order chi connectivity index (χ1) is 4.33. The Morgan fingerprint density at radius 1 is 1.56 bits per heavy atom. The summed E-state index contributed by atoms with van der Waals surface area (Å²) in [5.41, 5.74) is 5.19. The van der Waals surface area contributed by atoms with Crippen LogP contribution in [0.2, 0.25) is 0 Å². The summed E-state index contributed by atoms with van der Waals surface area (Å²) in [6.45, 7) is 0.493. The molecule has 0 aromatic carbocycles. The van der Waals surface area contributed by atoms with Gasteiger partial charge in [-0.3, -0.25) is 0 Å². The van der Waals surface area contributed by atoms with Crippen LogP contribution in [0.25, 0.3) is 0 Å². The molecule has 0 aliphatic rings. The third-order valence-corrected chi connectivity index (χ3v) is 1.02. The lowest BCUT2D eigenvalue weighted by molar-refractivity contribution is 0.338. The smallest absolute Gasteiger partial charge is 0.277 e. The first kappa shape index (κ1) is 6.29. The van der Waals surface area contributed by atoms with Gasteiger partial charge in [0.25, 0.3) is 6.01 Å². The predicted octanol–water partition coefficient (Wildman–Crippen LogP) is 0.920. The number of nitrogens with two attached hydrogens (primary N) is 1. The van der Waals surface area contributed by atoms with Crippen LogP contribution in [0.15, 0.2) is 16.5 Å². The molecule has 0 unspecified atom stereocenters. The fourth-order valence-electron chi connectivity index (χ4n) is 0.628. The quantitative estimate of drug-likeness (QED) is 0.644. The molecule has 1 rings (SSSR count). The summed E-state index contributed by atoms with van der Waals surface area (Å²) in [5.74, 6) is 0.606. The fourth-order valence-corrected chi connectivity index (χ4v) is 0.628. The van der Waals surface area contributed by atoms with Crippen molar-refractivity contribution in [3.05, 3.63) is 23.9 Å². The van der Waals surface area contributed by atoms with E-state index in [1.807, 2.05) is 0 Å². The van der Waals surface area contributed by atoms with E-state index in [9.17, 15) is 4.39 Å². The van der Waals surface area contributed by atoms with Crippen molar-refractivity contribution in [2.24, 2.45) is 5.73 Å². The Morgan fingerprint density at radius 2 is 2.33 bits per heavy atom. The number of furan rings is 1. The van der Waals surface area contributed by atoms with Crippen LogP contribution in [0.4, 0.5) is 4.39 Å². The Balaban J connectivity index is 2.61. The van der Waals surface area contributed by atoms with Gasteiger partial charge in [-0.25, -0.2) is 0 Å². The van der Waals surface area contributed by atoms with Gasteiger partial charge in [0, 0.05) is 12.5 Å². The molecule has 2 N–H and O–H groups in total.